The van der Waals surface area contributed by atoms with Gasteiger partial charge in [-0.25, -0.2) is 0 Å². The van der Waals surface area contributed by atoms with E-state index >= 15 is 0 Å². The number of carbonyl (C=O) groups excluding carboxylic acids is 2. The van der Waals surface area contributed by atoms with Gasteiger partial charge in [-0.1, -0.05) is 274 Å². The Bertz CT molecular complexity index is 1190. The number of carbonyl (C=O) groups is 2. The Kier molecular flexibility index (Phi) is 58.5. The number of allylic oxidation sites excluding steroid dienone is 7. The lowest BCUT2D eigenvalue weighted by Crippen LogP contribution is -2.45. The number of hydrogen-bond acceptors (Lipinski definition) is 5. The maximum absolute atomic E-state index is 12.4. The molecule has 0 aliphatic heterocycles. The molecule has 416 valence electrons. The van der Waals surface area contributed by atoms with Crippen molar-refractivity contribution in [3.63, 3.8) is 0 Å². The zero-order valence-electron chi connectivity index (χ0n) is 47.5. The van der Waals surface area contributed by atoms with Gasteiger partial charge in [0.1, 0.15) is 0 Å². The van der Waals surface area contributed by atoms with Gasteiger partial charge in [-0.05, 0) is 89.9 Å². The summed E-state index contributed by atoms with van der Waals surface area (Å²) >= 11 is 0. The normalized spacial score (nSPS) is 12.9. The van der Waals surface area contributed by atoms with Crippen LogP contribution in [0.1, 0.15) is 328 Å². The van der Waals surface area contributed by atoms with Crippen LogP contribution in [-0.4, -0.2) is 47.4 Å². The lowest BCUT2D eigenvalue weighted by Gasteiger charge is -2.20. The summed E-state index contributed by atoms with van der Waals surface area (Å²) in [7, 11) is 0. The van der Waals surface area contributed by atoms with E-state index in [2.05, 4.69) is 55.6 Å². The Morgan fingerprint density at radius 2 is 0.704 bits per heavy atom. The van der Waals surface area contributed by atoms with Gasteiger partial charge in [0.15, 0.2) is 0 Å². The van der Waals surface area contributed by atoms with Gasteiger partial charge in [0.05, 0.1) is 25.4 Å². The first-order valence-corrected chi connectivity index (χ1v) is 31.4. The maximum Gasteiger partial charge on any atom is 0.305 e. The quantitative estimate of drug-likeness (QED) is 0.0321. The zero-order chi connectivity index (χ0) is 51.4. The van der Waals surface area contributed by atoms with Crippen molar-refractivity contribution in [3.05, 3.63) is 48.6 Å². The van der Waals surface area contributed by atoms with Gasteiger partial charge in [0.25, 0.3) is 0 Å². The molecule has 0 fully saturated rings. The highest BCUT2D eigenvalue weighted by Gasteiger charge is 2.18. The fourth-order valence-electron chi connectivity index (χ4n) is 9.48. The molecule has 0 aliphatic carbocycles. The summed E-state index contributed by atoms with van der Waals surface area (Å²) in [6.07, 6.45) is 77.2. The molecule has 2 atom stereocenters. The van der Waals surface area contributed by atoms with Crippen LogP contribution in [0, 0.1) is 0 Å². The molecule has 0 radical (unpaired) electrons. The molecule has 0 heterocycles. The van der Waals surface area contributed by atoms with E-state index in [1.54, 1.807) is 6.08 Å². The predicted molar refractivity (Wildman–Crippen MR) is 310 cm³/mol. The third-order valence-corrected chi connectivity index (χ3v) is 14.3. The van der Waals surface area contributed by atoms with Crippen LogP contribution >= 0.6 is 0 Å². The summed E-state index contributed by atoms with van der Waals surface area (Å²) in [4.78, 5) is 24.5. The molecule has 1 amide bonds. The van der Waals surface area contributed by atoms with E-state index in [1.807, 2.05) is 6.08 Å². The number of ether oxygens (including phenoxy) is 1. The molecule has 0 aromatic rings. The van der Waals surface area contributed by atoms with Gasteiger partial charge in [-0.2, -0.15) is 0 Å². The Hall–Kier alpha value is -2.18. The second-order valence-corrected chi connectivity index (χ2v) is 21.4. The third kappa shape index (κ3) is 57.0. The smallest absolute Gasteiger partial charge is 0.305 e. The molecule has 6 nitrogen and oxygen atoms in total. The van der Waals surface area contributed by atoms with E-state index in [4.69, 9.17) is 4.74 Å². The number of aliphatic hydroxyl groups is 2. The number of aliphatic hydroxyl groups excluding tert-OH is 2. The minimum atomic E-state index is -0.848. The van der Waals surface area contributed by atoms with Crippen molar-refractivity contribution in [3.8, 4) is 0 Å². The van der Waals surface area contributed by atoms with Gasteiger partial charge in [0.2, 0.25) is 5.91 Å². The van der Waals surface area contributed by atoms with Crippen molar-refractivity contribution >= 4 is 11.9 Å². The summed E-state index contributed by atoms with van der Waals surface area (Å²) in [5, 5.41) is 23.1. The topological polar surface area (TPSA) is 95.9 Å². The molecule has 0 bridgehead atoms. The molecule has 0 rings (SSSR count). The van der Waals surface area contributed by atoms with Crippen LogP contribution in [0.3, 0.4) is 0 Å². The van der Waals surface area contributed by atoms with Crippen molar-refractivity contribution in [2.75, 3.05) is 13.2 Å². The average Bonchev–Trinajstić information content (AvgIpc) is 3.37. The van der Waals surface area contributed by atoms with E-state index in [0.29, 0.717) is 19.4 Å². The zero-order valence-corrected chi connectivity index (χ0v) is 47.5. The number of rotatable bonds is 58. The lowest BCUT2D eigenvalue weighted by atomic mass is 10.0. The average molecular weight is 997 g/mol. The fraction of sp³-hybridized carbons (Fsp3) is 0.846. The highest BCUT2D eigenvalue weighted by Crippen LogP contribution is 2.16. The number of amides is 1. The number of unbranched alkanes of at least 4 members (excludes halogenated alkanes) is 41. The molecule has 0 spiro atoms. The number of nitrogens with one attached hydrogen (secondary N) is 1. The lowest BCUT2D eigenvalue weighted by molar-refractivity contribution is -0.143. The largest absolute Gasteiger partial charge is 0.466 e. The molecule has 0 saturated carbocycles. The summed E-state index contributed by atoms with van der Waals surface area (Å²) in [6.45, 7) is 4.88. The van der Waals surface area contributed by atoms with Crippen LogP contribution < -0.4 is 5.32 Å². The first-order chi connectivity index (χ1) is 35.0. The Labute approximate surface area is 442 Å². The van der Waals surface area contributed by atoms with Gasteiger partial charge < -0.3 is 20.3 Å². The number of hydrogen-bond donors (Lipinski definition) is 3. The standard InChI is InChI=1S/C65H121NO5/c1-3-5-7-9-11-13-15-17-18-19-28-31-35-39-43-47-51-55-59-65(70)71-60-56-52-48-44-40-36-32-29-26-24-22-20-21-23-25-27-30-34-38-42-46-50-54-58-64(69)66-62(61-67)63(68)57-53-49-45-41-37-33-16-14-12-10-8-6-4-2/h13,15,18-19,23,25,53,57,62-63,67-68H,3-12,14,16-17,20-22,24,26-52,54-56,58-61H2,1-2H3,(H,66,69)/b15-13-,19-18-,25-23-,57-53+. The van der Waals surface area contributed by atoms with Gasteiger partial charge in [-0.3, -0.25) is 9.59 Å². The van der Waals surface area contributed by atoms with Crippen LogP contribution in [0.15, 0.2) is 48.6 Å². The Morgan fingerprint density at radius 3 is 1.10 bits per heavy atom. The highest BCUT2D eigenvalue weighted by atomic mass is 16.5. The van der Waals surface area contributed by atoms with E-state index < -0.39 is 12.1 Å². The molecule has 0 aromatic carbocycles. The van der Waals surface area contributed by atoms with Crippen molar-refractivity contribution in [2.24, 2.45) is 0 Å². The molecular formula is C65H121NO5. The molecule has 2 unspecified atom stereocenters. The SMILES string of the molecule is CCCCCC/C=C\C/C=C\CCCCCCCCCC(=O)OCCCCCCCCCCCCCC/C=C\CCCCCCCCCC(=O)NC(CO)C(O)/C=C/CCCCCCCCCCCCC. The molecule has 0 saturated heterocycles. The molecule has 6 heteroatoms. The number of esters is 1. The van der Waals surface area contributed by atoms with E-state index in [1.165, 1.54) is 244 Å². The monoisotopic (exact) mass is 996 g/mol. The first-order valence-electron chi connectivity index (χ1n) is 31.4. The van der Waals surface area contributed by atoms with Gasteiger partial charge in [-0.15, -0.1) is 0 Å². The van der Waals surface area contributed by atoms with Crippen molar-refractivity contribution in [2.45, 2.75) is 341 Å². The Morgan fingerprint density at radius 1 is 0.394 bits per heavy atom. The van der Waals surface area contributed by atoms with E-state index in [9.17, 15) is 19.8 Å². The summed E-state index contributed by atoms with van der Waals surface area (Å²) < 4.78 is 5.49. The van der Waals surface area contributed by atoms with Crippen LogP contribution in [0.4, 0.5) is 0 Å². The summed E-state index contributed by atoms with van der Waals surface area (Å²) in [5.74, 6) is -0.0713. The molecular weight excluding hydrogens is 875 g/mol. The minimum Gasteiger partial charge on any atom is -0.466 e. The van der Waals surface area contributed by atoms with Gasteiger partial charge in [0, 0.05) is 12.8 Å². The molecule has 3 N–H and O–H groups in total. The van der Waals surface area contributed by atoms with E-state index in [-0.39, 0.29) is 18.5 Å². The van der Waals surface area contributed by atoms with Crippen LogP contribution in [0.2, 0.25) is 0 Å². The second-order valence-electron chi connectivity index (χ2n) is 21.4. The summed E-state index contributed by atoms with van der Waals surface area (Å²) in [5.41, 5.74) is 0. The highest BCUT2D eigenvalue weighted by molar-refractivity contribution is 5.76. The molecule has 0 aromatic heterocycles. The van der Waals surface area contributed by atoms with Gasteiger partial charge >= 0.3 is 5.97 Å². The van der Waals surface area contributed by atoms with Crippen molar-refractivity contribution < 1.29 is 24.5 Å². The van der Waals surface area contributed by atoms with Crippen molar-refractivity contribution in [1.82, 2.24) is 5.32 Å². The van der Waals surface area contributed by atoms with E-state index in [0.717, 1.165) is 57.8 Å². The molecule has 71 heavy (non-hydrogen) atoms. The summed E-state index contributed by atoms with van der Waals surface area (Å²) in [6, 6.07) is -0.632. The molecule has 0 aliphatic rings. The fourth-order valence-corrected chi connectivity index (χ4v) is 9.48. The predicted octanol–water partition coefficient (Wildman–Crippen LogP) is 19.7. The second kappa shape index (κ2) is 60.4. The maximum atomic E-state index is 12.4. The first kappa shape index (κ1) is 68.8. The van der Waals surface area contributed by atoms with Crippen LogP contribution in [0.25, 0.3) is 0 Å². The third-order valence-electron chi connectivity index (χ3n) is 14.3. The minimum absolute atomic E-state index is 0.00333. The van der Waals surface area contributed by atoms with Crippen molar-refractivity contribution in [1.29, 1.82) is 0 Å². The van der Waals surface area contributed by atoms with Crippen LogP contribution in [-0.2, 0) is 14.3 Å². The Balaban J connectivity index is 3.42. The van der Waals surface area contributed by atoms with Crippen LogP contribution in [0.5, 0.6) is 0 Å².